The van der Waals surface area contributed by atoms with Crippen LogP contribution in [0.5, 0.6) is 0 Å². The van der Waals surface area contributed by atoms with Gasteiger partial charge >= 0.3 is 0 Å². The second-order valence-electron chi connectivity index (χ2n) is 1.88. The molecule has 0 saturated carbocycles. The molecule has 0 aliphatic heterocycles. The zero-order valence-electron chi connectivity index (χ0n) is 5.50. The van der Waals surface area contributed by atoms with E-state index in [-0.39, 0.29) is 0 Å². The van der Waals surface area contributed by atoms with Crippen molar-refractivity contribution in [2.24, 2.45) is 0 Å². The Morgan fingerprint density at radius 2 is 2.00 bits per heavy atom. The van der Waals surface area contributed by atoms with E-state index in [0.29, 0.717) is 0 Å². The van der Waals surface area contributed by atoms with Gasteiger partial charge in [-0.2, -0.15) is 0 Å². The lowest BCUT2D eigenvalue weighted by atomic mass is 10.4. The summed E-state index contributed by atoms with van der Waals surface area (Å²) in [5.41, 5.74) is 0. The molecule has 10 heavy (non-hydrogen) atoms. The van der Waals surface area contributed by atoms with Gasteiger partial charge in [-0.1, -0.05) is 12.1 Å². The monoisotopic (exact) mass is 266 g/mol. The zero-order valence-corrected chi connectivity index (χ0v) is 8.48. The van der Waals surface area contributed by atoms with Gasteiger partial charge in [-0.25, -0.2) is 0 Å². The molecular weight excluding hydrogens is 259 g/mol. The zero-order chi connectivity index (χ0) is 7.56. The second kappa shape index (κ2) is 3.48. The summed E-state index contributed by atoms with van der Waals surface area (Å²) in [6.45, 7) is 0. The predicted octanol–water partition coefficient (Wildman–Crippen LogP) is 2.03. The molecular formula is C7H7IOS. The van der Waals surface area contributed by atoms with E-state index in [1.807, 2.05) is 24.3 Å². The SMILES string of the molecule is C[S@@](=O)c1ccccc1I. The molecule has 0 unspecified atom stereocenters. The largest absolute Gasteiger partial charge is 0.255 e. The van der Waals surface area contributed by atoms with Crippen molar-refractivity contribution in [3.8, 4) is 0 Å². The van der Waals surface area contributed by atoms with Gasteiger partial charge in [0.1, 0.15) is 0 Å². The maximum atomic E-state index is 11.0. The van der Waals surface area contributed by atoms with Crippen molar-refractivity contribution in [3.63, 3.8) is 0 Å². The van der Waals surface area contributed by atoms with Crippen LogP contribution in [-0.4, -0.2) is 10.5 Å². The Balaban J connectivity index is 3.15. The Kier molecular flexibility index (Phi) is 2.85. The van der Waals surface area contributed by atoms with Crippen LogP contribution in [0.25, 0.3) is 0 Å². The van der Waals surface area contributed by atoms with Gasteiger partial charge in [0, 0.05) is 9.83 Å². The van der Waals surface area contributed by atoms with Crippen LogP contribution in [0.3, 0.4) is 0 Å². The Labute approximate surface area is 76.4 Å². The van der Waals surface area contributed by atoms with Crippen molar-refractivity contribution in [1.82, 2.24) is 0 Å². The van der Waals surface area contributed by atoms with E-state index in [1.54, 1.807) is 6.26 Å². The fourth-order valence-corrected chi connectivity index (χ4v) is 2.61. The fraction of sp³-hybridized carbons (Fsp3) is 0.143. The van der Waals surface area contributed by atoms with Crippen LogP contribution in [0.2, 0.25) is 0 Å². The van der Waals surface area contributed by atoms with Crippen molar-refractivity contribution >= 4 is 33.4 Å². The van der Waals surface area contributed by atoms with Crippen LogP contribution in [-0.2, 0) is 10.8 Å². The molecule has 0 bridgehead atoms. The molecule has 0 N–H and O–H groups in total. The van der Waals surface area contributed by atoms with Crippen LogP contribution < -0.4 is 0 Å². The number of rotatable bonds is 1. The third-order valence-electron chi connectivity index (χ3n) is 1.15. The average molecular weight is 266 g/mol. The summed E-state index contributed by atoms with van der Waals surface area (Å²) in [5.74, 6) is 0. The van der Waals surface area contributed by atoms with Gasteiger partial charge in [-0.15, -0.1) is 0 Å². The molecule has 54 valence electrons. The molecule has 0 heterocycles. The van der Waals surface area contributed by atoms with E-state index >= 15 is 0 Å². The molecule has 0 fully saturated rings. The summed E-state index contributed by atoms with van der Waals surface area (Å²) < 4.78 is 12.0. The third kappa shape index (κ3) is 1.79. The molecule has 1 aromatic carbocycles. The van der Waals surface area contributed by atoms with E-state index in [0.717, 1.165) is 8.47 Å². The van der Waals surface area contributed by atoms with Gasteiger partial charge in [-0.3, -0.25) is 4.21 Å². The first-order valence-corrected chi connectivity index (χ1v) is 5.43. The van der Waals surface area contributed by atoms with E-state index in [2.05, 4.69) is 22.6 Å². The smallest absolute Gasteiger partial charge is 0.0518 e. The molecule has 1 rings (SSSR count). The van der Waals surface area contributed by atoms with Crippen LogP contribution in [0.4, 0.5) is 0 Å². The fourth-order valence-electron chi connectivity index (χ4n) is 0.678. The van der Waals surface area contributed by atoms with Gasteiger partial charge in [-0.05, 0) is 34.7 Å². The predicted molar refractivity (Wildman–Crippen MR) is 51.5 cm³/mol. The summed E-state index contributed by atoms with van der Waals surface area (Å²) in [6, 6.07) is 7.69. The highest BCUT2D eigenvalue weighted by Gasteiger charge is 1.99. The van der Waals surface area contributed by atoms with Crippen molar-refractivity contribution in [2.75, 3.05) is 6.26 Å². The third-order valence-corrected chi connectivity index (χ3v) is 3.43. The molecule has 1 aromatic rings. The molecule has 0 saturated heterocycles. The first kappa shape index (κ1) is 8.20. The number of halogens is 1. The van der Waals surface area contributed by atoms with Crippen molar-refractivity contribution in [1.29, 1.82) is 0 Å². The highest BCUT2D eigenvalue weighted by Crippen LogP contribution is 2.13. The Morgan fingerprint density at radius 1 is 1.40 bits per heavy atom. The number of benzene rings is 1. The quantitative estimate of drug-likeness (QED) is 0.711. The molecule has 1 atom stereocenters. The maximum absolute atomic E-state index is 11.0. The van der Waals surface area contributed by atoms with Crippen molar-refractivity contribution < 1.29 is 4.21 Å². The van der Waals surface area contributed by atoms with Crippen LogP contribution in [0.1, 0.15) is 0 Å². The summed E-state index contributed by atoms with van der Waals surface area (Å²) >= 11 is 2.18. The van der Waals surface area contributed by atoms with E-state index in [9.17, 15) is 4.21 Å². The minimum atomic E-state index is -0.848. The lowest BCUT2D eigenvalue weighted by Crippen LogP contribution is -1.89. The van der Waals surface area contributed by atoms with E-state index in [1.165, 1.54) is 0 Å². The van der Waals surface area contributed by atoms with Crippen LogP contribution in [0.15, 0.2) is 29.2 Å². The molecule has 0 radical (unpaired) electrons. The van der Waals surface area contributed by atoms with Gasteiger partial charge in [0.15, 0.2) is 0 Å². The van der Waals surface area contributed by atoms with Crippen molar-refractivity contribution in [2.45, 2.75) is 4.90 Å². The standard InChI is InChI=1S/C7H7IOS/c1-10(9)7-5-3-2-4-6(7)8/h2-5H,1H3/t10-/m1/s1. The maximum Gasteiger partial charge on any atom is 0.0518 e. The normalized spacial score (nSPS) is 13.0. The van der Waals surface area contributed by atoms with Crippen molar-refractivity contribution in [3.05, 3.63) is 27.8 Å². The highest BCUT2D eigenvalue weighted by atomic mass is 127. The van der Waals surface area contributed by atoms with Crippen LogP contribution in [0, 0.1) is 3.57 Å². The first-order chi connectivity index (χ1) is 4.72. The van der Waals surface area contributed by atoms with E-state index in [4.69, 9.17) is 0 Å². The molecule has 0 aromatic heterocycles. The molecule has 1 nitrogen and oxygen atoms in total. The lowest BCUT2D eigenvalue weighted by Gasteiger charge is -1.96. The van der Waals surface area contributed by atoms with Gasteiger partial charge in [0.05, 0.1) is 15.7 Å². The van der Waals surface area contributed by atoms with Gasteiger partial charge in [0.2, 0.25) is 0 Å². The Hall–Kier alpha value is 0.100. The summed E-state index contributed by atoms with van der Waals surface area (Å²) in [5, 5.41) is 0. The first-order valence-electron chi connectivity index (χ1n) is 2.80. The molecule has 0 amide bonds. The Morgan fingerprint density at radius 3 is 2.40 bits per heavy atom. The minimum Gasteiger partial charge on any atom is -0.255 e. The number of hydrogen-bond donors (Lipinski definition) is 0. The van der Waals surface area contributed by atoms with Gasteiger partial charge in [0.25, 0.3) is 0 Å². The Bertz CT molecular complexity index is 260. The van der Waals surface area contributed by atoms with E-state index < -0.39 is 10.8 Å². The molecule has 0 spiro atoms. The summed E-state index contributed by atoms with van der Waals surface area (Å²) in [6.07, 6.45) is 1.69. The second-order valence-corrected chi connectivity index (χ2v) is 4.39. The molecule has 3 heteroatoms. The molecule has 0 aliphatic carbocycles. The highest BCUT2D eigenvalue weighted by molar-refractivity contribution is 14.1. The van der Waals surface area contributed by atoms with Gasteiger partial charge < -0.3 is 0 Å². The average Bonchev–Trinajstić information content (AvgIpc) is 1.88. The lowest BCUT2D eigenvalue weighted by molar-refractivity contribution is 0.686. The summed E-state index contributed by atoms with van der Waals surface area (Å²) in [7, 11) is -0.848. The topological polar surface area (TPSA) is 17.1 Å². The summed E-state index contributed by atoms with van der Waals surface area (Å²) in [4.78, 5) is 0.920. The molecule has 0 aliphatic rings. The number of hydrogen-bond acceptors (Lipinski definition) is 1. The van der Waals surface area contributed by atoms with Crippen LogP contribution >= 0.6 is 22.6 Å². The minimum absolute atomic E-state index is 0.848.